The smallest absolute Gasteiger partial charge is 0.0845 e. The zero-order valence-corrected chi connectivity index (χ0v) is 19.1. The summed E-state index contributed by atoms with van der Waals surface area (Å²) in [7, 11) is 2.09. The SMILES string of the molecule is Cc1c(C)n(C[C@H](O)CN(C)Cc2cccc(CN3CCOCC3)c2)c2ccccc12. The van der Waals surface area contributed by atoms with Crippen molar-refractivity contribution in [2.75, 3.05) is 39.9 Å². The maximum Gasteiger partial charge on any atom is 0.0845 e. The molecule has 0 radical (unpaired) electrons. The third kappa shape index (κ3) is 5.36. The lowest BCUT2D eigenvalue weighted by atomic mass is 10.1. The molecule has 5 heteroatoms. The molecule has 0 amide bonds. The molecule has 0 aliphatic carbocycles. The molecule has 1 aromatic heterocycles. The van der Waals surface area contributed by atoms with E-state index in [1.807, 2.05) is 0 Å². The number of morpholine rings is 1. The highest BCUT2D eigenvalue weighted by Crippen LogP contribution is 2.25. The Kier molecular flexibility index (Phi) is 7.08. The standard InChI is InChI=1S/C26H35N3O2/c1-20-21(2)29(26-10-5-4-9-25(20)26)19-24(30)18-27(3)16-22-7-6-8-23(15-22)17-28-11-13-31-14-12-28/h4-10,15,24,30H,11-14,16-19H2,1-3H3/t24-/m1/s1. The minimum absolute atomic E-state index is 0.421. The van der Waals surface area contributed by atoms with Crippen molar-refractivity contribution in [1.29, 1.82) is 0 Å². The van der Waals surface area contributed by atoms with Gasteiger partial charge in [-0.15, -0.1) is 0 Å². The van der Waals surface area contributed by atoms with Crippen molar-refractivity contribution in [1.82, 2.24) is 14.4 Å². The fraction of sp³-hybridized carbons (Fsp3) is 0.462. The number of aliphatic hydroxyl groups is 1. The molecule has 4 rings (SSSR count). The number of benzene rings is 2. The molecule has 1 fully saturated rings. The maximum atomic E-state index is 10.8. The third-order valence-electron chi connectivity index (χ3n) is 6.42. The Balaban J connectivity index is 1.35. The fourth-order valence-corrected chi connectivity index (χ4v) is 4.69. The van der Waals surface area contributed by atoms with Crippen molar-refractivity contribution in [3.63, 3.8) is 0 Å². The second kappa shape index (κ2) is 9.96. The van der Waals surface area contributed by atoms with Crippen LogP contribution in [0.1, 0.15) is 22.4 Å². The lowest BCUT2D eigenvalue weighted by Crippen LogP contribution is -2.35. The van der Waals surface area contributed by atoms with E-state index in [0.717, 1.165) is 39.4 Å². The molecule has 2 heterocycles. The van der Waals surface area contributed by atoms with Crippen LogP contribution < -0.4 is 0 Å². The normalized spacial score (nSPS) is 16.3. The first kappa shape index (κ1) is 22.0. The first-order valence-corrected chi connectivity index (χ1v) is 11.3. The van der Waals surface area contributed by atoms with E-state index in [0.29, 0.717) is 13.1 Å². The van der Waals surface area contributed by atoms with Crippen molar-refractivity contribution >= 4 is 10.9 Å². The van der Waals surface area contributed by atoms with Gasteiger partial charge in [-0.25, -0.2) is 0 Å². The average Bonchev–Trinajstić information content (AvgIpc) is 3.00. The molecule has 1 atom stereocenters. The molecule has 0 bridgehead atoms. The summed E-state index contributed by atoms with van der Waals surface area (Å²) in [6.07, 6.45) is -0.421. The Labute approximate surface area is 185 Å². The van der Waals surface area contributed by atoms with Crippen LogP contribution in [0.25, 0.3) is 10.9 Å². The zero-order valence-electron chi connectivity index (χ0n) is 19.1. The molecule has 5 nitrogen and oxygen atoms in total. The highest BCUT2D eigenvalue weighted by molar-refractivity contribution is 5.85. The van der Waals surface area contributed by atoms with Gasteiger partial charge in [0.2, 0.25) is 0 Å². The molecule has 1 aliphatic heterocycles. The molecule has 0 unspecified atom stereocenters. The van der Waals surface area contributed by atoms with E-state index in [1.54, 1.807) is 0 Å². The van der Waals surface area contributed by atoms with Crippen molar-refractivity contribution in [2.24, 2.45) is 0 Å². The van der Waals surface area contributed by atoms with Crippen LogP contribution in [0.2, 0.25) is 0 Å². The number of aromatic nitrogens is 1. The predicted octanol–water partition coefficient (Wildman–Crippen LogP) is 3.58. The van der Waals surface area contributed by atoms with Crippen LogP contribution in [0, 0.1) is 13.8 Å². The summed E-state index contributed by atoms with van der Waals surface area (Å²) in [6, 6.07) is 17.3. The number of para-hydroxylation sites is 1. The number of hydrogen-bond donors (Lipinski definition) is 1. The number of ether oxygens (including phenoxy) is 1. The Hall–Kier alpha value is -2.18. The lowest BCUT2D eigenvalue weighted by Gasteiger charge is -2.27. The topological polar surface area (TPSA) is 40.9 Å². The molecule has 1 N–H and O–H groups in total. The molecule has 0 spiro atoms. The molecule has 1 aliphatic rings. The number of aliphatic hydroxyl groups excluding tert-OH is 1. The molecule has 3 aromatic rings. The zero-order chi connectivity index (χ0) is 21.8. The molecular weight excluding hydrogens is 386 g/mol. The molecule has 2 aromatic carbocycles. The van der Waals surface area contributed by atoms with E-state index in [1.165, 1.54) is 33.3 Å². The molecule has 0 saturated carbocycles. The number of rotatable bonds is 8. The average molecular weight is 422 g/mol. The highest BCUT2D eigenvalue weighted by Gasteiger charge is 2.16. The minimum Gasteiger partial charge on any atom is -0.390 e. The van der Waals surface area contributed by atoms with Gasteiger partial charge >= 0.3 is 0 Å². The van der Waals surface area contributed by atoms with Crippen molar-refractivity contribution in [2.45, 2.75) is 39.6 Å². The molecule has 1 saturated heterocycles. The Morgan fingerprint density at radius 2 is 1.77 bits per heavy atom. The number of fused-ring (bicyclic) bond motifs is 1. The van der Waals surface area contributed by atoms with Crippen LogP contribution in [0.3, 0.4) is 0 Å². The van der Waals surface area contributed by atoms with Crippen LogP contribution in [0.15, 0.2) is 48.5 Å². The summed E-state index contributed by atoms with van der Waals surface area (Å²) in [5.74, 6) is 0. The fourth-order valence-electron chi connectivity index (χ4n) is 4.69. The highest BCUT2D eigenvalue weighted by atomic mass is 16.5. The quantitative estimate of drug-likeness (QED) is 0.604. The van der Waals surface area contributed by atoms with E-state index in [-0.39, 0.29) is 0 Å². The second-order valence-corrected chi connectivity index (χ2v) is 8.90. The predicted molar refractivity (Wildman–Crippen MR) is 126 cm³/mol. The number of hydrogen-bond acceptors (Lipinski definition) is 4. The summed E-state index contributed by atoms with van der Waals surface area (Å²) < 4.78 is 7.71. The van der Waals surface area contributed by atoms with Gasteiger partial charge in [-0.1, -0.05) is 42.5 Å². The van der Waals surface area contributed by atoms with Gasteiger partial charge in [0.25, 0.3) is 0 Å². The lowest BCUT2D eigenvalue weighted by molar-refractivity contribution is 0.0342. The van der Waals surface area contributed by atoms with Crippen LogP contribution >= 0.6 is 0 Å². The summed E-state index contributed by atoms with van der Waals surface area (Å²) >= 11 is 0. The van der Waals surface area contributed by atoms with E-state index >= 15 is 0 Å². The van der Waals surface area contributed by atoms with E-state index in [2.05, 4.69) is 83.8 Å². The van der Waals surface area contributed by atoms with Crippen LogP contribution in [-0.4, -0.2) is 65.5 Å². The first-order valence-electron chi connectivity index (χ1n) is 11.3. The van der Waals surface area contributed by atoms with Gasteiger partial charge < -0.3 is 14.4 Å². The van der Waals surface area contributed by atoms with E-state index in [9.17, 15) is 5.11 Å². The van der Waals surface area contributed by atoms with Crippen molar-refractivity contribution in [3.8, 4) is 0 Å². The van der Waals surface area contributed by atoms with Gasteiger partial charge in [0.05, 0.1) is 25.9 Å². The van der Waals surface area contributed by atoms with Gasteiger partial charge in [0.15, 0.2) is 0 Å². The van der Waals surface area contributed by atoms with Gasteiger partial charge in [-0.2, -0.15) is 0 Å². The van der Waals surface area contributed by atoms with E-state index in [4.69, 9.17) is 4.74 Å². The van der Waals surface area contributed by atoms with Gasteiger partial charge in [0.1, 0.15) is 0 Å². The summed E-state index contributed by atoms with van der Waals surface area (Å²) in [5.41, 5.74) is 6.37. The number of likely N-dealkylation sites (N-methyl/N-ethyl adjacent to an activating group) is 1. The van der Waals surface area contributed by atoms with E-state index < -0.39 is 6.10 Å². The minimum atomic E-state index is -0.421. The monoisotopic (exact) mass is 421 g/mol. The molecule has 31 heavy (non-hydrogen) atoms. The third-order valence-corrected chi connectivity index (χ3v) is 6.42. The summed E-state index contributed by atoms with van der Waals surface area (Å²) in [4.78, 5) is 4.66. The maximum absolute atomic E-state index is 10.8. The molecule has 166 valence electrons. The summed E-state index contributed by atoms with van der Waals surface area (Å²) in [6.45, 7) is 11.0. The van der Waals surface area contributed by atoms with Gasteiger partial charge in [-0.3, -0.25) is 9.80 Å². The van der Waals surface area contributed by atoms with Crippen LogP contribution in [-0.2, 0) is 24.4 Å². The van der Waals surface area contributed by atoms with Crippen molar-refractivity contribution in [3.05, 3.63) is 70.9 Å². The van der Waals surface area contributed by atoms with Gasteiger partial charge in [-0.05, 0) is 43.7 Å². The number of aryl methyl sites for hydroxylation is 1. The van der Waals surface area contributed by atoms with Gasteiger partial charge in [0, 0.05) is 49.3 Å². The Bertz CT molecular complexity index is 1010. The summed E-state index contributed by atoms with van der Waals surface area (Å²) in [5, 5.41) is 12.1. The Morgan fingerprint density at radius 1 is 1.03 bits per heavy atom. The molecular formula is C26H35N3O2. The largest absolute Gasteiger partial charge is 0.390 e. The second-order valence-electron chi connectivity index (χ2n) is 8.90. The van der Waals surface area contributed by atoms with Crippen molar-refractivity contribution < 1.29 is 9.84 Å². The van der Waals surface area contributed by atoms with Crippen LogP contribution in [0.5, 0.6) is 0 Å². The van der Waals surface area contributed by atoms with Crippen LogP contribution in [0.4, 0.5) is 0 Å². The Morgan fingerprint density at radius 3 is 2.58 bits per heavy atom. The first-order chi connectivity index (χ1) is 15.0. The number of nitrogens with zero attached hydrogens (tertiary/aromatic N) is 3.